The SMILES string of the molecule is CN/C(=C\C=N)c1ccc2cc(N)c(C=O)nc2c1. The van der Waals surface area contributed by atoms with Gasteiger partial charge in [-0.3, -0.25) is 4.79 Å². The van der Waals surface area contributed by atoms with E-state index in [-0.39, 0.29) is 5.69 Å². The van der Waals surface area contributed by atoms with Crippen LogP contribution in [-0.2, 0) is 0 Å². The smallest absolute Gasteiger partial charge is 0.170 e. The van der Waals surface area contributed by atoms with Crippen molar-refractivity contribution in [3.63, 3.8) is 0 Å². The van der Waals surface area contributed by atoms with Crippen molar-refractivity contribution >= 4 is 34.8 Å². The van der Waals surface area contributed by atoms with Crippen molar-refractivity contribution in [2.45, 2.75) is 0 Å². The van der Waals surface area contributed by atoms with Gasteiger partial charge in [-0.2, -0.15) is 0 Å². The lowest BCUT2D eigenvalue weighted by molar-refractivity contribution is 0.112. The highest BCUT2D eigenvalue weighted by Crippen LogP contribution is 2.21. The maximum atomic E-state index is 10.9. The summed E-state index contributed by atoms with van der Waals surface area (Å²) in [4.78, 5) is 15.1. The Morgan fingerprint density at radius 1 is 1.42 bits per heavy atom. The summed E-state index contributed by atoms with van der Waals surface area (Å²) < 4.78 is 0. The van der Waals surface area contributed by atoms with Gasteiger partial charge in [-0.1, -0.05) is 12.1 Å². The minimum absolute atomic E-state index is 0.242. The molecule has 0 bridgehead atoms. The first-order valence-corrected chi connectivity index (χ1v) is 5.74. The lowest BCUT2D eigenvalue weighted by atomic mass is 10.1. The van der Waals surface area contributed by atoms with E-state index in [4.69, 9.17) is 11.1 Å². The van der Waals surface area contributed by atoms with E-state index < -0.39 is 0 Å². The van der Waals surface area contributed by atoms with Gasteiger partial charge < -0.3 is 16.5 Å². The Kier molecular flexibility index (Phi) is 3.56. The van der Waals surface area contributed by atoms with Crippen LogP contribution in [0.4, 0.5) is 5.69 Å². The monoisotopic (exact) mass is 254 g/mol. The van der Waals surface area contributed by atoms with Gasteiger partial charge >= 0.3 is 0 Å². The molecule has 0 atom stereocenters. The van der Waals surface area contributed by atoms with Crippen LogP contribution in [0.1, 0.15) is 16.1 Å². The average molecular weight is 254 g/mol. The van der Waals surface area contributed by atoms with Gasteiger partial charge in [0.15, 0.2) is 6.29 Å². The van der Waals surface area contributed by atoms with E-state index in [0.29, 0.717) is 17.5 Å². The largest absolute Gasteiger partial charge is 0.397 e. The van der Waals surface area contributed by atoms with Gasteiger partial charge in [0, 0.05) is 24.3 Å². The number of carbonyl (C=O) groups excluding carboxylic acids is 1. The zero-order valence-corrected chi connectivity index (χ0v) is 10.5. The van der Waals surface area contributed by atoms with E-state index in [2.05, 4.69) is 10.3 Å². The molecule has 1 heterocycles. The third kappa shape index (κ3) is 2.44. The van der Waals surface area contributed by atoms with Crippen molar-refractivity contribution < 1.29 is 4.79 Å². The molecule has 2 rings (SSSR count). The minimum Gasteiger partial charge on any atom is -0.397 e. The third-order valence-corrected chi connectivity index (χ3v) is 2.82. The molecule has 1 aromatic carbocycles. The summed E-state index contributed by atoms with van der Waals surface area (Å²) in [6.45, 7) is 0. The normalized spacial score (nSPS) is 11.3. The molecular weight excluding hydrogens is 240 g/mol. The summed E-state index contributed by atoms with van der Waals surface area (Å²) in [6.07, 6.45) is 3.51. The highest BCUT2D eigenvalue weighted by molar-refractivity contribution is 5.92. The first-order valence-electron chi connectivity index (χ1n) is 5.74. The third-order valence-electron chi connectivity index (χ3n) is 2.82. The molecule has 2 aromatic rings. The summed E-state index contributed by atoms with van der Waals surface area (Å²) >= 11 is 0. The Morgan fingerprint density at radius 2 is 2.21 bits per heavy atom. The van der Waals surface area contributed by atoms with Gasteiger partial charge in [-0.15, -0.1) is 0 Å². The van der Waals surface area contributed by atoms with E-state index in [1.807, 2.05) is 18.2 Å². The molecular formula is C14H14N4O. The molecule has 0 aliphatic rings. The van der Waals surface area contributed by atoms with Crippen LogP contribution in [0.15, 0.2) is 30.3 Å². The van der Waals surface area contributed by atoms with Crippen LogP contribution >= 0.6 is 0 Å². The number of carbonyl (C=O) groups is 1. The molecule has 0 aliphatic heterocycles. The number of nitrogens with two attached hydrogens (primary N) is 1. The molecule has 5 nitrogen and oxygen atoms in total. The van der Waals surface area contributed by atoms with Gasteiger partial charge in [0.25, 0.3) is 0 Å². The van der Waals surface area contributed by atoms with Crippen LogP contribution in [0.5, 0.6) is 0 Å². The van der Waals surface area contributed by atoms with Crippen LogP contribution in [0.3, 0.4) is 0 Å². The molecule has 1 aromatic heterocycles. The Balaban J connectivity index is 2.62. The second-order valence-electron chi connectivity index (χ2n) is 3.99. The Labute approximate surface area is 110 Å². The van der Waals surface area contributed by atoms with Crippen LogP contribution in [0.25, 0.3) is 16.6 Å². The van der Waals surface area contributed by atoms with Crippen molar-refractivity contribution in [1.82, 2.24) is 10.3 Å². The second-order valence-corrected chi connectivity index (χ2v) is 3.99. The van der Waals surface area contributed by atoms with E-state index in [1.165, 1.54) is 6.21 Å². The predicted octanol–water partition coefficient (Wildman–Crippen LogP) is 1.84. The van der Waals surface area contributed by atoms with Crippen molar-refractivity contribution in [3.8, 4) is 0 Å². The summed E-state index contributed by atoms with van der Waals surface area (Å²) in [6, 6.07) is 7.39. The fourth-order valence-electron chi connectivity index (χ4n) is 1.87. The number of anilines is 1. The molecule has 0 saturated heterocycles. The number of aromatic nitrogens is 1. The average Bonchev–Trinajstić information content (AvgIpc) is 2.43. The molecule has 96 valence electrons. The lowest BCUT2D eigenvalue weighted by Gasteiger charge is -2.08. The number of benzene rings is 1. The Morgan fingerprint density at radius 3 is 2.84 bits per heavy atom. The van der Waals surface area contributed by atoms with Gasteiger partial charge in [-0.25, -0.2) is 4.98 Å². The standard InChI is InChI=1S/C14H14N4O/c1-17-12(4-5-15)10-3-2-9-6-11(16)14(8-19)18-13(9)7-10/h2-8,15,17H,16H2,1H3/b12-4-,15-5?. The zero-order valence-electron chi connectivity index (χ0n) is 10.5. The van der Waals surface area contributed by atoms with E-state index in [0.717, 1.165) is 16.6 Å². The quantitative estimate of drug-likeness (QED) is 0.573. The number of nitrogen functional groups attached to an aromatic ring is 1. The van der Waals surface area contributed by atoms with Gasteiger partial charge in [-0.05, 0) is 23.8 Å². The number of aldehydes is 1. The maximum Gasteiger partial charge on any atom is 0.170 e. The molecule has 5 heteroatoms. The Bertz CT molecular complexity index is 676. The molecule has 0 radical (unpaired) electrons. The van der Waals surface area contributed by atoms with E-state index in [1.54, 1.807) is 19.2 Å². The number of hydrogen-bond acceptors (Lipinski definition) is 5. The first kappa shape index (κ1) is 12.8. The second kappa shape index (κ2) is 5.30. The highest BCUT2D eigenvalue weighted by Gasteiger charge is 2.05. The van der Waals surface area contributed by atoms with Crippen molar-refractivity contribution in [2.24, 2.45) is 0 Å². The summed E-state index contributed by atoms with van der Waals surface area (Å²) in [5.41, 5.74) is 8.74. The molecule has 19 heavy (non-hydrogen) atoms. The number of rotatable bonds is 4. The fraction of sp³-hybridized carbons (Fsp3) is 0.0714. The van der Waals surface area contributed by atoms with Gasteiger partial charge in [0.1, 0.15) is 5.69 Å². The van der Waals surface area contributed by atoms with Crippen molar-refractivity contribution in [3.05, 3.63) is 41.6 Å². The van der Waals surface area contributed by atoms with Crippen molar-refractivity contribution in [2.75, 3.05) is 12.8 Å². The van der Waals surface area contributed by atoms with Gasteiger partial charge in [0.05, 0.1) is 11.2 Å². The summed E-state index contributed by atoms with van der Waals surface area (Å²) in [5, 5.41) is 11.0. The lowest BCUT2D eigenvalue weighted by Crippen LogP contribution is -2.05. The molecule has 0 aliphatic carbocycles. The topological polar surface area (TPSA) is 91.9 Å². The number of fused-ring (bicyclic) bond motifs is 1. The minimum atomic E-state index is 0.242. The Hall–Kier alpha value is -2.69. The molecule has 0 amide bonds. The van der Waals surface area contributed by atoms with Crippen LogP contribution in [0.2, 0.25) is 0 Å². The molecule has 0 saturated carbocycles. The molecule has 0 unspecified atom stereocenters. The van der Waals surface area contributed by atoms with Crippen LogP contribution in [-0.4, -0.2) is 24.5 Å². The summed E-state index contributed by atoms with van der Waals surface area (Å²) in [7, 11) is 1.78. The zero-order chi connectivity index (χ0) is 13.8. The van der Waals surface area contributed by atoms with E-state index >= 15 is 0 Å². The van der Waals surface area contributed by atoms with Gasteiger partial charge in [0.2, 0.25) is 0 Å². The summed E-state index contributed by atoms with van der Waals surface area (Å²) in [5.74, 6) is 0. The molecule has 0 spiro atoms. The first-order chi connectivity index (χ1) is 9.19. The number of hydrogen-bond donors (Lipinski definition) is 3. The molecule has 4 N–H and O–H groups in total. The predicted molar refractivity (Wildman–Crippen MR) is 77.4 cm³/mol. The maximum absolute atomic E-state index is 10.9. The number of nitrogens with one attached hydrogen (secondary N) is 2. The fourth-order valence-corrected chi connectivity index (χ4v) is 1.87. The van der Waals surface area contributed by atoms with E-state index in [9.17, 15) is 4.79 Å². The van der Waals surface area contributed by atoms with Crippen molar-refractivity contribution in [1.29, 1.82) is 5.41 Å². The number of allylic oxidation sites excluding steroid dienone is 1. The van der Waals surface area contributed by atoms with Crippen LogP contribution in [0, 0.1) is 5.41 Å². The number of nitrogens with zero attached hydrogens (tertiary/aromatic N) is 1. The molecule has 0 fully saturated rings. The van der Waals surface area contributed by atoms with Crippen LogP contribution < -0.4 is 11.1 Å². The number of pyridine rings is 1. The highest BCUT2D eigenvalue weighted by atomic mass is 16.1.